The topological polar surface area (TPSA) is 101 Å². The Bertz CT molecular complexity index is 407. The van der Waals surface area contributed by atoms with E-state index in [9.17, 15) is 13.2 Å². The van der Waals surface area contributed by atoms with E-state index in [1.807, 2.05) is 6.92 Å². The van der Waals surface area contributed by atoms with Gasteiger partial charge in [-0.3, -0.25) is 4.79 Å². The molecule has 0 heterocycles. The minimum Gasteiger partial charge on any atom is -0.355 e. The Morgan fingerprint density at radius 3 is 2.38 bits per heavy atom. The number of carbonyl (C=O) groups is 1. The zero-order valence-corrected chi connectivity index (χ0v) is 14.4. The summed E-state index contributed by atoms with van der Waals surface area (Å²) in [6, 6.07) is -0.0256. The van der Waals surface area contributed by atoms with Gasteiger partial charge in [0.15, 0.2) is 0 Å². The average molecular weight is 342 g/mol. The summed E-state index contributed by atoms with van der Waals surface area (Å²) in [4.78, 5) is 11.6. The van der Waals surface area contributed by atoms with Gasteiger partial charge in [0, 0.05) is 18.6 Å². The first-order valence-electron chi connectivity index (χ1n) is 7.31. The fourth-order valence-corrected chi connectivity index (χ4v) is 3.61. The maximum atomic E-state index is 11.9. The van der Waals surface area contributed by atoms with Gasteiger partial charge in [0.25, 0.3) is 0 Å². The molecule has 1 amide bonds. The lowest BCUT2D eigenvalue weighted by Gasteiger charge is -2.26. The van der Waals surface area contributed by atoms with E-state index >= 15 is 0 Å². The fourth-order valence-electron chi connectivity index (χ4n) is 2.34. The predicted octanol–water partition coefficient (Wildman–Crippen LogP) is 0.760. The minimum absolute atomic E-state index is 0. The maximum Gasteiger partial charge on any atom is 0.236 e. The first-order chi connectivity index (χ1) is 9.28. The van der Waals surface area contributed by atoms with Crippen LogP contribution in [0, 0.1) is 5.92 Å². The van der Waals surface area contributed by atoms with Crippen LogP contribution in [0.5, 0.6) is 0 Å². The molecular weight excluding hydrogens is 314 g/mol. The van der Waals surface area contributed by atoms with Gasteiger partial charge < -0.3 is 11.1 Å². The zero-order chi connectivity index (χ0) is 15.2. The molecule has 8 heteroatoms. The normalized spacial score (nSPS) is 24.0. The number of sulfonamides is 1. The van der Waals surface area contributed by atoms with E-state index in [0.717, 1.165) is 25.7 Å². The number of hydrogen-bond donors (Lipinski definition) is 3. The fraction of sp³-hybridized carbons (Fsp3) is 0.923. The largest absolute Gasteiger partial charge is 0.355 e. The summed E-state index contributed by atoms with van der Waals surface area (Å²) in [6.45, 7) is 4.43. The van der Waals surface area contributed by atoms with Crippen LogP contribution in [-0.2, 0) is 14.8 Å². The van der Waals surface area contributed by atoms with E-state index < -0.39 is 21.7 Å². The summed E-state index contributed by atoms with van der Waals surface area (Å²) in [6.07, 6.45) is 4.42. The molecule has 1 aliphatic carbocycles. The molecule has 1 rings (SSSR count). The summed E-state index contributed by atoms with van der Waals surface area (Å²) in [5, 5.41) is 2.58. The molecule has 0 bridgehead atoms. The zero-order valence-electron chi connectivity index (χ0n) is 12.8. The van der Waals surface area contributed by atoms with Crippen LogP contribution in [0.3, 0.4) is 0 Å². The van der Waals surface area contributed by atoms with Crippen LogP contribution in [0.2, 0.25) is 0 Å². The molecule has 4 N–H and O–H groups in total. The number of hydrogen-bond acceptors (Lipinski definition) is 4. The van der Waals surface area contributed by atoms with E-state index in [1.54, 1.807) is 0 Å². The Labute approximate surface area is 134 Å². The third kappa shape index (κ3) is 9.29. The monoisotopic (exact) mass is 341 g/mol. The van der Waals surface area contributed by atoms with Crippen molar-refractivity contribution in [3.63, 3.8) is 0 Å². The van der Waals surface area contributed by atoms with Crippen LogP contribution in [0.4, 0.5) is 0 Å². The molecule has 0 aromatic carbocycles. The van der Waals surface area contributed by atoms with Gasteiger partial charge >= 0.3 is 0 Å². The highest BCUT2D eigenvalue weighted by Crippen LogP contribution is 2.23. The molecule has 0 aromatic heterocycles. The van der Waals surface area contributed by atoms with Crippen molar-refractivity contribution in [1.29, 1.82) is 0 Å². The van der Waals surface area contributed by atoms with Gasteiger partial charge in [-0.2, -0.15) is 0 Å². The molecule has 0 aliphatic heterocycles. The average Bonchev–Trinajstić information content (AvgIpc) is 2.30. The molecule has 1 unspecified atom stereocenters. The van der Waals surface area contributed by atoms with Gasteiger partial charge in [-0.1, -0.05) is 6.92 Å². The first kappa shape index (κ1) is 20.6. The van der Waals surface area contributed by atoms with Crippen molar-refractivity contribution >= 4 is 28.3 Å². The lowest BCUT2D eigenvalue weighted by Crippen LogP contribution is -2.42. The van der Waals surface area contributed by atoms with Gasteiger partial charge in [0.2, 0.25) is 15.9 Å². The second kappa shape index (κ2) is 9.61. The summed E-state index contributed by atoms with van der Waals surface area (Å²) in [7, 11) is -3.54. The lowest BCUT2D eigenvalue weighted by molar-refractivity contribution is -0.118. The molecule has 0 saturated heterocycles. The molecule has 1 atom stereocenters. The van der Waals surface area contributed by atoms with Crippen molar-refractivity contribution in [2.24, 2.45) is 11.7 Å². The summed E-state index contributed by atoms with van der Waals surface area (Å²) in [5.74, 6) is -0.308. The Morgan fingerprint density at radius 1 is 1.29 bits per heavy atom. The van der Waals surface area contributed by atoms with Crippen molar-refractivity contribution < 1.29 is 13.2 Å². The Balaban J connectivity index is 0.00000400. The predicted molar refractivity (Wildman–Crippen MR) is 86.9 cm³/mol. The van der Waals surface area contributed by atoms with Crippen molar-refractivity contribution in [2.75, 3.05) is 12.3 Å². The molecule has 1 aliphatic rings. The number of carbonyl (C=O) groups excluding carboxylic acids is 1. The molecule has 6 nitrogen and oxygen atoms in total. The van der Waals surface area contributed by atoms with E-state index in [0.29, 0.717) is 18.9 Å². The van der Waals surface area contributed by atoms with Crippen LogP contribution < -0.4 is 15.8 Å². The summed E-state index contributed by atoms with van der Waals surface area (Å²) >= 11 is 0. The van der Waals surface area contributed by atoms with Crippen molar-refractivity contribution in [2.45, 2.75) is 58.0 Å². The Kier molecular flexibility index (Phi) is 9.44. The van der Waals surface area contributed by atoms with Gasteiger partial charge in [-0.15, -0.1) is 12.4 Å². The summed E-state index contributed by atoms with van der Waals surface area (Å²) < 4.78 is 26.4. The van der Waals surface area contributed by atoms with E-state index in [4.69, 9.17) is 5.73 Å². The number of halogens is 1. The second-order valence-electron chi connectivity index (χ2n) is 5.95. The van der Waals surface area contributed by atoms with Crippen LogP contribution in [-0.4, -0.2) is 38.7 Å². The second-order valence-corrected chi connectivity index (χ2v) is 7.70. The third-order valence-corrected chi connectivity index (χ3v) is 4.94. The van der Waals surface area contributed by atoms with E-state index in [-0.39, 0.29) is 24.5 Å². The number of rotatable bonds is 7. The highest BCUT2D eigenvalue weighted by molar-refractivity contribution is 7.90. The quantitative estimate of drug-likeness (QED) is 0.636. The smallest absolute Gasteiger partial charge is 0.236 e. The number of amides is 1. The number of nitrogens with one attached hydrogen (secondary N) is 2. The van der Waals surface area contributed by atoms with Gasteiger partial charge in [0.1, 0.15) is 5.75 Å². The molecule has 1 fully saturated rings. The molecule has 0 radical (unpaired) electrons. The number of nitrogens with two attached hydrogens (primary N) is 1. The Hall–Kier alpha value is -0.370. The standard InChI is InChI=1S/C13H27N3O3S.ClH/c1-10-3-5-12(6-4-10)16-20(18,19)9-13(17)15-8-7-11(2)14;/h10-12,16H,3-9,14H2,1-2H3,(H,15,17);1H. The lowest BCUT2D eigenvalue weighted by atomic mass is 9.88. The van der Waals surface area contributed by atoms with Crippen LogP contribution in [0.1, 0.15) is 46.0 Å². The van der Waals surface area contributed by atoms with Crippen LogP contribution >= 0.6 is 12.4 Å². The van der Waals surface area contributed by atoms with E-state index in [1.165, 1.54) is 0 Å². The van der Waals surface area contributed by atoms with Gasteiger partial charge in [-0.05, 0) is 44.9 Å². The van der Waals surface area contributed by atoms with E-state index in [2.05, 4.69) is 17.0 Å². The van der Waals surface area contributed by atoms with Crippen LogP contribution in [0.25, 0.3) is 0 Å². The first-order valence-corrected chi connectivity index (χ1v) is 8.96. The molecule has 126 valence electrons. The van der Waals surface area contributed by atoms with Gasteiger partial charge in [-0.25, -0.2) is 13.1 Å². The highest BCUT2D eigenvalue weighted by atomic mass is 35.5. The van der Waals surface area contributed by atoms with Crippen molar-refractivity contribution in [3.05, 3.63) is 0 Å². The molecule has 0 spiro atoms. The minimum atomic E-state index is -3.54. The van der Waals surface area contributed by atoms with Crippen molar-refractivity contribution in [3.8, 4) is 0 Å². The third-order valence-electron chi connectivity index (χ3n) is 3.61. The highest BCUT2D eigenvalue weighted by Gasteiger charge is 2.24. The molecule has 0 aromatic rings. The molecular formula is C13H28ClN3O3S. The van der Waals surface area contributed by atoms with Crippen LogP contribution in [0.15, 0.2) is 0 Å². The van der Waals surface area contributed by atoms with Gasteiger partial charge in [0.05, 0.1) is 0 Å². The van der Waals surface area contributed by atoms with Crippen molar-refractivity contribution in [1.82, 2.24) is 10.0 Å². The Morgan fingerprint density at radius 2 is 1.86 bits per heavy atom. The SMILES string of the molecule is CC(N)CCNC(=O)CS(=O)(=O)NC1CCC(C)CC1.Cl. The molecule has 21 heavy (non-hydrogen) atoms. The molecule has 1 saturated carbocycles. The maximum absolute atomic E-state index is 11.9. The summed E-state index contributed by atoms with van der Waals surface area (Å²) in [5.41, 5.74) is 5.56.